The topological polar surface area (TPSA) is 183 Å². The van der Waals surface area contributed by atoms with E-state index in [0.29, 0.717) is 83.4 Å². The van der Waals surface area contributed by atoms with Crippen molar-refractivity contribution < 1.29 is 43.2 Å². The van der Waals surface area contributed by atoms with Gasteiger partial charge in [-0.2, -0.15) is 15.2 Å². The molecule has 332 valence electrons. The molecule has 63 heavy (non-hydrogen) atoms. The first-order chi connectivity index (χ1) is 30.8. The van der Waals surface area contributed by atoms with Crippen LogP contribution < -0.4 is 14.5 Å². The number of hydrogen-bond acceptors (Lipinski definition) is 14. The fraction of sp³-hybridized carbons (Fsp3) is 0.478. The Balaban J connectivity index is 0.788. The predicted octanol–water partition coefficient (Wildman–Crippen LogP) is 4.09. The summed E-state index contributed by atoms with van der Waals surface area (Å²) in [7, 11) is 2.05. The standard InChI is InChI=1S/C46H54N8O9/c1-50-29-35(62-26-25-61-24-23-60-22-21-59-20-19-54-43(55)37-10-4-5-11-38(37)44(54)56)27-34(50)31-63-45-48-40-30-51(41-12-6-8-32-7-2-3-9-36(32)41)16-14-39(40)42(49-45)52-17-18-53(46(57)58)33(28-52)13-15-47/h2-12,33-35H,13-14,16-31H2,1H3,(H,57,58)/t33?,34-,35+/m0/s1. The number of aromatic nitrogens is 2. The second-order valence-corrected chi connectivity index (χ2v) is 16.1. The number of likely N-dealkylation sites (N-methyl/N-ethyl adjacent to an activating group) is 1. The van der Waals surface area contributed by atoms with E-state index >= 15 is 0 Å². The van der Waals surface area contributed by atoms with Crippen LogP contribution in [0, 0.1) is 11.3 Å². The number of amides is 3. The summed E-state index contributed by atoms with van der Waals surface area (Å²) in [6, 6.07) is 23.6. The van der Waals surface area contributed by atoms with Crippen LogP contribution in [0.15, 0.2) is 66.7 Å². The van der Waals surface area contributed by atoms with Crippen molar-refractivity contribution in [2.45, 2.75) is 44.0 Å². The van der Waals surface area contributed by atoms with Crippen LogP contribution >= 0.6 is 0 Å². The average molecular weight is 863 g/mol. The maximum atomic E-state index is 12.5. The van der Waals surface area contributed by atoms with Gasteiger partial charge < -0.3 is 43.5 Å². The summed E-state index contributed by atoms with van der Waals surface area (Å²) in [5, 5.41) is 21.7. The molecule has 2 saturated heterocycles. The zero-order valence-corrected chi connectivity index (χ0v) is 35.6. The Morgan fingerprint density at radius 2 is 1.51 bits per heavy atom. The molecule has 3 aromatic carbocycles. The molecule has 0 aliphatic carbocycles. The molecule has 0 saturated carbocycles. The number of benzene rings is 3. The van der Waals surface area contributed by atoms with Gasteiger partial charge in [-0.3, -0.25) is 19.4 Å². The lowest BCUT2D eigenvalue weighted by Crippen LogP contribution is -2.55. The average Bonchev–Trinajstić information content (AvgIpc) is 3.78. The van der Waals surface area contributed by atoms with Crippen LogP contribution in [0.1, 0.15) is 44.8 Å². The largest absolute Gasteiger partial charge is 0.465 e. The van der Waals surface area contributed by atoms with Crippen LogP contribution in [0.3, 0.4) is 0 Å². The van der Waals surface area contributed by atoms with Crippen molar-refractivity contribution in [1.29, 1.82) is 5.26 Å². The zero-order chi connectivity index (χ0) is 43.7. The number of imide groups is 1. The fourth-order valence-electron chi connectivity index (χ4n) is 8.91. The highest BCUT2D eigenvalue weighted by Crippen LogP contribution is 2.35. The number of hydrogen-bond donors (Lipinski definition) is 1. The Bertz CT molecular complexity index is 2270. The highest BCUT2D eigenvalue weighted by Gasteiger charge is 2.36. The van der Waals surface area contributed by atoms with E-state index in [9.17, 15) is 24.8 Å². The molecule has 8 rings (SSSR count). The second-order valence-electron chi connectivity index (χ2n) is 16.1. The molecule has 17 heteroatoms. The molecule has 0 radical (unpaired) electrons. The number of rotatable bonds is 19. The minimum absolute atomic E-state index is 0.0118. The second kappa shape index (κ2) is 20.5. The van der Waals surface area contributed by atoms with Crippen molar-refractivity contribution in [2.75, 3.05) is 109 Å². The zero-order valence-electron chi connectivity index (χ0n) is 35.6. The number of fused-ring (bicyclic) bond motifs is 3. The van der Waals surface area contributed by atoms with Crippen molar-refractivity contribution in [3.8, 4) is 12.1 Å². The van der Waals surface area contributed by atoms with Crippen molar-refractivity contribution in [2.24, 2.45) is 0 Å². The summed E-state index contributed by atoms with van der Waals surface area (Å²) in [5.41, 5.74) is 3.91. The van der Waals surface area contributed by atoms with E-state index < -0.39 is 12.1 Å². The number of carbonyl (C=O) groups excluding carboxylic acids is 2. The van der Waals surface area contributed by atoms with Crippen LogP contribution in [0.2, 0.25) is 0 Å². The lowest BCUT2D eigenvalue weighted by molar-refractivity contribution is -0.0167. The van der Waals surface area contributed by atoms with E-state index in [1.54, 1.807) is 24.3 Å². The van der Waals surface area contributed by atoms with Gasteiger partial charge in [0.25, 0.3) is 11.8 Å². The first kappa shape index (κ1) is 43.7. The Kier molecular flexibility index (Phi) is 14.2. The molecule has 1 unspecified atom stereocenters. The molecule has 4 aromatic rings. The highest BCUT2D eigenvalue weighted by atomic mass is 16.6. The molecule has 0 spiro atoms. The minimum atomic E-state index is -1.02. The van der Waals surface area contributed by atoms with Crippen LogP contribution in [0.25, 0.3) is 10.8 Å². The van der Waals surface area contributed by atoms with E-state index in [1.165, 1.54) is 20.6 Å². The quantitative estimate of drug-likeness (QED) is 0.105. The number of carbonyl (C=O) groups is 3. The van der Waals surface area contributed by atoms with E-state index in [2.05, 4.69) is 64.2 Å². The lowest BCUT2D eigenvalue weighted by atomic mass is 10.0. The number of nitrogens with zero attached hydrogens (tertiary/aromatic N) is 8. The first-order valence-corrected chi connectivity index (χ1v) is 21.7. The Labute approximate surface area is 366 Å². The van der Waals surface area contributed by atoms with Crippen LogP contribution in [0.5, 0.6) is 6.01 Å². The Morgan fingerprint density at radius 3 is 2.25 bits per heavy atom. The summed E-state index contributed by atoms with van der Waals surface area (Å²) in [6.45, 7) is 6.36. The van der Waals surface area contributed by atoms with Gasteiger partial charge in [-0.1, -0.05) is 48.5 Å². The Morgan fingerprint density at radius 1 is 0.810 bits per heavy atom. The Hall–Kier alpha value is -5.90. The minimum Gasteiger partial charge on any atom is -0.465 e. The maximum absolute atomic E-state index is 12.5. The van der Waals surface area contributed by atoms with Crippen LogP contribution in [-0.2, 0) is 31.9 Å². The molecule has 3 amide bonds. The molecule has 2 fully saturated rings. The number of anilines is 2. The van der Waals surface area contributed by atoms with Gasteiger partial charge in [-0.25, -0.2) is 4.79 Å². The molecule has 3 atom stereocenters. The van der Waals surface area contributed by atoms with E-state index in [-0.39, 0.29) is 56.1 Å². The van der Waals surface area contributed by atoms with Gasteiger partial charge >= 0.3 is 12.1 Å². The van der Waals surface area contributed by atoms with E-state index in [1.807, 2.05) is 6.07 Å². The van der Waals surface area contributed by atoms with E-state index in [4.69, 9.17) is 33.7 Å². The van der Waals surface area contributed by atoms with Crippen molar-refractivity contribution in [1.82, 2.24) is 24.7 Å². The molecule has 17 nitrogen and oxygen atoms in total. The summed E-state index contributed by atoms with van der Waals surface area (Å²) >= 11 is 0. The number of carboxylic acid groups (broad SMARTS) is 1. The third-order valence-electron chi connectivity index (χ3n) is 12.2. The molecular formula is C46H54N8O9. The summed E-state index contributed by atoms with van der Waals surface area (Å²) in [6.07, 6.45) is 0.561. The third-order valence-corrected chi connectivity index (χ3v) is 12.2. The fourth-order valence-corrected chi connectivity index (χ4v) is 8.91. The molecule has 0 bridgehead atoms. The molecule has 1 N–H and O–H groups in total. The lowest BCUT2D eigenvalue weighted by Gasteiger charge is -2.41. The van der Waals surface area contributed by atoms with Crippen LogP contribution in [-0.4, -0.2) is 165 Å². The molecule has 4 aliphatic rings. The normalized spacial score (nSPS) is 20.0. The van der Waals surface area contributed by atoms with Gasteiger partial charge in [0, 0.05) is 55.4 Å². The van der Waals surface area contributed by atoms with Gasteiger partial charge in [-0.05, 0) is 43.5 Å². The maximum Gasteiger partial charge on any atom is 0.407 e. The van der Waals surface area contributed by atoms with E-state index in [0.717, 1.165) is 42.3 Å². The van der Waals surface area contributed by atoms with Gasteiger partial charge in [0.1, 0.15) is 12.4 Å². The van der Waals surface area contributed by atoms with Gasteiger partial charge in [0.15, 0.2) is 0 Å². The van der Waals surface area contributed by atoms with Gasteiger partial charge in [-0.15, -0.1) is 0 Å². The number of ether oxygens (including phenoxy) is 5. The van der Waals surface area contributed by atoms with Crippen molar-refractivity contribution in [3.05, 3.63) is 89.1 Å². The molecular weight excluding hydrogens is 809 g/mol. The first-order valence-electron chi connectivity index (χ1n) is 21.7. The van der Waals surface area contributed by atoms with Crippen molar-refractivity contribution >= 4 is 40.2 Å². The molecule has 1 aromatic heterocycles. The van der Waals surface area contributed by atoms with Crippen molar-refractivity contribution in [3.63, 3.8) is 0 Å². The van der Waals surface area contributed by atoms with Crippen LogP contribution in [0.4, 0.5) is 16.3 Å². The third kappa shape index (κ3) is 10.2. The summed E-state index contributed by atoms with van der Waals surface area (Å²) in [5.74, 6) is 0.169. The number of likely N-dealkylation sites (tertiary alicyclic amines) is 1. The SMILES string of the molecule is CN1C[C@H](OCCOCCOCCOCCN2C(=O)c3ccccc3C2=O)C[C@H]1COc1nc2c(c(N3CCN(C(=O)O)C(CC#N)C3)n1)CCN(c1cccc3ccccc13)C2. The monoisotopic (exact) mass is 862 g/mol. The molecule has 5 heterocycles. The van der Waals surface area contributed by atoms with Gasteiger partial charge in [0.2, 0.25) is 0 Å². The number of nitriles is 1. The highest BCUT2D eigenvalue weighted by molar-refractivity contribution is 6.21. The predicted molar refractivity (Wildman–Crippen MR) is 232 cm³/mol. The smallest absolute Gasteiger partial charge is 0.407 e. The summed E-state index contributed by atoms with van der Waals surface area (Å²) < 4.78 is 29.5. The summed E-state index contributed by atoms with van der Waals surface area (Å²) in [4.78, 5) is 56.2. The molecule has 4 aliphatic heterocycles. The number of piperazine rings is 1. The van der Waals surface area contributed by atoms with Gasteiger partial charge in [0.05, 0.1) is 101 Å².